The number of sulfonamides is 1. The molecule has 2 aromatic carbocycles. The number of carbonyl (C=O) groups excluding carboxylic acids is 1. The maximum Gasteiger partial charge on any atom is 0.253 e. The SMILES string of the molecule is CCOc1ccc(C(=O)N2CCN(S(=O)(=O)Cc3ccccc3)CC2)cc1. The molecule has 0 aliphatic carbocycles. The molecule has 1 saturated heterocycles. The molecule has 1 heterocycles. The summed E-state index contributed by atoms with van der Waals surface area (Å²) in [5.74, 6) is 0.629. The van der Waals surface area contributed by atoms with Gasteiger partial charge < -0.3 is 9.64 Å². The first-order valence-electron chi connectivity index (χ1n) is 9.03. The lowest BCUT2D eigenvalue weighted by atomic mass is 10.2. The predicted molar refractivity (Wildman–Crippen MR) is 104 cm³/mol. The number of amides is 1. The van der Waals surface area contributed by atoms with Gasteiger partial charge in [0.25, 0.3) is 5.91 Å². The van der Waals surface area contributed by atoms with Crippen LogP contribution in [0, 0.1) is 0 Å². The van der Waals surface area contributed by atoms with Crippen LogP contribution in [0.25, 0.3) is 0 Å². The van der Waals surface area contributed by atoms with E-state index in [0.717, 1.165) is 11.3 Å². The third kappa shape index (κ3) is 4.87. The van der Waals surface area contributed by atoms with Crippen LogP contribution in [0.3, 0.4) is 0 Å². The van der Waals surface area contributed by atoms with Crippen molar-refractivity contribution in [2.75, 3.05) is 32.8 Å². The largest absolute Gasteiger partial charge is 0.494 e. The van der Waals surface area contributed by atoms with Gasteiger partial charge in [-0.3, -0.25) is 4.79 Å². The highest BCUT2D eigenvalue weighted by Gasteiger charge is 2.29. The molecule has 27 heavy (non-hydrogen) atoms. The van der Waals surface area contributed by atoms with Crippen molar-refractivity contribution >= 4 is 15.9 Å². The number of benzene rings is 2. The van der Waals surface area contributed by atoms with E-state index >= 15 is 0 Å². The van der Waals surface area contributed by atoms with E-state index in [0.29, 0.717) is 38.3 Å². The smallest absolute Gasteiger partial charge is 0.253 e. The number of hydrogen-bond acceptors (Lipinski definition) is 4. The van der Waals surface area contributed by atoms with Crippen LogP contribution in [-0.2, 0) is 15.8 Å². The van der Waals surface area contributed by atoms with Crippen LogP contribution in [0.2, 0.25) is 0 Å². The highest BCUT2D eigenvalue weighted by atomic mass is 32.2. The Morgan fingerprint density at radius 3 is 2.19 bits per heavy atom. The summed E-state index contributed by atoms with van der Waals surface area (Å²) in [6, 6.07) is 16.2. The quantitative estimate of drug-likeness (QED) is 0.762. The fourth-order valence-electron chi connectivity index (χ4n) is 3.09. The Morgan fingerprint density at radius 1 is 0.963 bits per heavy atom. The van der Waals surface area contributed by atoms with Gasteiger partial charge in [-0.15, -0.1) is 0 Å². The van der Waals surface area contributed by atoms with Crippen molar-refractivity contribution in [3.63, 3.8) is 0 Å². The van der Waals surface area contributed by atoms with Gasteiger partial charge in [-0.1, -0.05) is 30.3 Å². The van der Waals surface area contributed by atoms with Gasteiger partial charge >= 0.3 is 0 Å². The molecule has 3 rings (SSSR count). The Balaban J connectivity index is 1.58. The fourth-order valence-corrected chi connectivity index (χ4v) is 4.60. The summed E-state index contributed by atoms with van der Waals surface area (Å²) < 4.78 is 32.1. The van der Waals surface area contributed by atoms with Crippen LogP contribution >= 0.6 is 0 Å². The summed E-state index contributed by atoms with van der Waals surface area (Å²) in [7, 11) is -3.38. The minimum Gasteiger partial charge on any atom is -0.494 e. The van der Waals surface area contributed by atoms with E-state index < -0.39 is 10.0 Å². The van der Waals surface area contributed by atoms with Gasteiger partial charge in [0.15, 0.2) is 0 Å². The number of hydrogen-bond donors (Lipinski definition) is 0. The lowest BCUT2D eigenvalue weighted by Crippen LogP contribution is -2.50. The van der Waals surface area contributed by atoms with Crippen molar-refractivity contribution in [1.82, 2.24) is 9.21 Å². The lowest BCUT2D eigenvalue weighted by Gasteiger charge is -2.34. The Hall–Kier alpha value is -2.38. The highest BCUT2D eigenvalue weighted by molar-refractivity contribution is 7.88. The fraction of sp³-hybridized carbons (Fsp3) is 0.350. The van der Waals surface area contributed by atoms with E-state index in [1.807, 2.05) is 37.3 Å². The molecule has 0 radical (unpaired) electrons. The molecule has 1 fully saturated rings. The van der Waals surface area contributed by atoms with E-state index in [2.05, 4.69) is 0 Å². The molecule has 0 atom stereocenters. The normalized spacial score (nSPS) is 15.5. The molecule has 0 bridgehead atoms. The van der Waals surface area contributed by atoms with Crippen molar-refractivity contribution in [3.05, 3.63) is 65.7 Å². The molecular weight excluding hydrogens is 364 g/mol. The zero-order chi connectivity index (χ0) is 19.3. The second kappa shape index (κ2) is 8.54. The molecule has 0 aromatic heterocycles. The molecule has 144 valence electrons. The molecular formula is C20H24N2O4S. The van der Waals surface area contributed by atoms with Crippen LogP contribution in [0.4, 0.5) is 0 Å². The first-order valence-corrected chi connectivity index (χ1v) is 10.6. The van der Waals surface area contributed by atoms with E-state index in [1.165, 1.54) is 4.31 Å². The molecule has 1 aliphatic heterocycles. The molecule has 6 nitrogen and oxygen atoms in total. The third-order valence-electron chi connectivity index (χ3n) is 4.52. The second-order valence-electron chi connectivity index (χ2n) is 6.39. The summed E-state index contributed by atoms with van der Waals surface area (Å²) in [6.45, 7) is 3.90. The predicted octanol–water partition coefficient (Wildman–Crippen LogP) is 2.37. The number of nitrogens with zero attached hydrogens (tertiary/aromatic N) is 2. The Morgan fingerprint density at radius 2 is 1.59 bits per heavy atom. The Bertz CT molecular complexity index is 859. The van der Waals surface area contributed by atoms with E-state index in [1.54, 1.807) is 29.2 Å². The average Bonchev–Trinajstić information content (AvgIpc) is 2.69. The van der Waals surface area contributed by atoms with Crippen LogP contribution in [0.15, 0.2) is 54.6 Å². The van der Waals surface area contributed by atoms with Gasteiger partial charge in [-0.2, -0.15) is 4.31 Å². The summed E-state index contributed by atoms with van der Waals surface area (Å²) in [6.07, 6.45) is 0. The lowest BCUT2D eigenvalue weighted by molar-refractivity contribution is 0.0697. The van der Waals surface area contributed by atoms with Crippen molar-refractivity contribution < 1.29 is 17.9 Å². The molecule has 0 spiro atoms. The summed E-state index contributed by atoms with van der Waals surface area (Å²) in [4.78, 5) is 14.3. The number of piperazine rings is 1. The van der Waals surface area contributed by atoms with Crippen molar-refractivity contribution in [2.24, 2.45) is 0 Å². The molecule has 0 unspecified atom stereocenters. The zero-order valence-electron chi connectivity index (χ0n) is 15.4. The zero-order valence-corrected chi connectivity index (χ0v) is 16.2. The van der Waals surface area contributed by atoms with Crippen molar-refractivity contribution in [1.29, 1.82) is 0 Å². The topological polar surface area (TPSA) is 66.9 Å². The molecule has 1 amide bonds. The monoisotopic (exact) mass is 388 g/mol. The van der Waals surface area contributed by atoms with Crippen LogP contribution in [0.5, 0.6) is 5.75 Å². The van der Waals surface area contributed by atoms with Crippen molar-refractivity contribution in [2.45, 2.75) is 12.7 Å². The van der Waals surface area contributed by atoms with Gasteiger partial charge in [0.05, 0.1) is 12.4 Å². The second-order valence-corrected chi connectivity index (χ2v) is 8.36. The summed E-state index contributed by atoms with van der Waals surface area (Å²) >= 11 is 0. The first-order chi connectivity index (χ1) is 13.0. The Labute approximate surface area is 160 Å². The van der Waals surface area contributed by atoms with E-state index in [4.69, 9.17) is 4.74 Å². The van der Waals surface area contributed by atoms with Gasteiger partial charge in [0.2, 0.25) is 10.0 Å². The number of rotatable bonds is 6. The van der Waals surface area contributed by atoms with Gasteiger partial charge in [0.1, 0.15) is 5.75 Å². The molecule has 0 saturated carbocycles. The van der Waals surface area contributed by atoms with Crippen LogP contribution < -0.4 is 4.74 Å². The van der Waals surface area contributed by atoms with E-state index in [9.17, 15) is 13.2 Å². The standard InChI is InChI=1S/C20H24N2O4S/c1-2-26-19-10-8-18(9-11-19)20(23)21-12-14-22(15-13-21)27(24,25)16-17-6-4-3-5-7-17/h3-11H,2,12-16H2,1H3. The van der Waals surface area contributed by atoms with Gasteiger partial charge in [0, 0.05) is 31.7 Å². The highest BCUT2D eigenvalue weighted by Crippen LogP contribution is 2.17. The third-order valence-corrected chi connectivity index (χ3v) is 6.37. The summed E-state index contributed by atoms with van der Waals surface area (Å²) in [5.41, 5.74) is 1.35. The molecule has 1 aliphatic rings. The van der Waals surface area contributed by atoms with Crippen LogP contribution in [-0.4, -0.2) is 56.3 Å². The van der Waals surface area contributed by atoms with Crippen molar-refractivity contribution in [3.8, 4) is 5.75 Å². The minimum absolute atomic E-state index is 0.0132. The minimum atomic E-state index is -3.38. The molecule has 0 N–H and O–H groups in total. The van der Waals surface area contributed by atoms with Crippen LogP contribution in [0.1, 0.15) is 22.8 Å². The number of ether oxygens (including phenoxy) is 1. The maximum absolute atomic E-state index is 12.6. The summed E-state index contributed by atoms with van der Waals surface area (Å²) in [5, 5.41) is 0. The van der Waals surface area contributed by atoms with Gasteiger partial charge in [-0.05, 0) is 36.8 Å². The average molecular weight is 388 g/mol. The number of carbonyl (C=O) groups is 1. The molecule has 2 aromatic rings. The van der Waals surface area contributed by atoms with Gasteiger partial charge in [-0.25, -0.2) is 8.42 Å². The maximum atomic E-state index is 12.6. The van der Waals surface area contributed by atoms with E-state index in [-0.39, 0.29) is 11.7 Å². The molecule has 7 heteroatoms. The Kier molecular flexibility index (Phi) is 6.13. The first kappa shape index (κ1) is 19.4.